The zero-order valence-corrected chi connectivity index (χ0v) is 35.5. The molecule has 1 saturated heterocycles. The number of para-hydroxylation sites is 4. The Morgan fingerprint density at radius 3 is 1.26 bits per heavy atom. The number of aliphatic hydroxyl groups excluding tert-OH is 2. The summed E-state index contributed by atoms with van der Waals surface area (Å²) >= 11 is 2.51. The van der Waals surface area contributed by atoms with Crippen molar-refractivity contribution in [3.63, 3.8) is 0 Å². The van der Waals surface area contributed by atoms with Crippen LogP contribution >= 0.6 is 0 Å². The molecule has 0 bridgehead atoms. The van der Waals surface area contributed by atoms with Gasteiger partial charge in [-0.25, -0.2) is 0 Å². The minimum absolute atomic E-state index is 0.0462. The molecule has 2 N–H and O–H groups in total. The van der Waals surface area contributed by atoms with Crippen LogP contribution in [0.3, 0.4) is 0 Å². The molecule has 8 nitrogen and oxygen atoms in total. The minimum atomic E-state index is -0.375. The molecule has 2 unspecified atom stereocenters. The summed E-state index contributed by atoms with van der Waals surface area (Å²) in [6.45, 7) is 3.42. The van der Waals surface area contributed by atoms with Gasteiger partial charge in [0.05, 0.1) is 12.2 Å². The fourth-order valence-corrected chi connectivity index (χ4v) is 9.59. The first-order valence-corrected chi connectivity index (χ1v) is 20.5. The second-order valence-electron chi connectivity index (χ2n) is 15.4. The zero-order valence-electron chi connectivity index (χ0n) is 33.2. The normalized spacial score (nSPS) is 14.5. The quantitative estimate of drug-likeness (QED) is 0.119. The van der Waals surface area contributed by atoms with E-state index in [9.17, 15) is 0 Å². The maximum absolute atomic E-state index is 8.56. The van der Waals surface area contributed by atoms with E-state index in [-0.39, 0.29) is 26.0 Å². The van der Waals surface area contributed by atoms with Gasteiger partial charge in [0, 0.05) is 0 Å². The monoisotopic (exact) mass is 932 g/mol. The van der Waals surface area contributed by atoms with Crippen LogP contribution < -0.4 is 9.62 Å². The van der Waals surface area contributed by atoms with E-state index >= 15 is 0 Å². The van der Waals surface area contributed by atoms with Crippen LogP contribution in [0.15, 0.2) is 140 Å². The summed E-state index contributed by atoms with van der Waals surface area (Å²) in [6, 6.07) is 54.0. The van der Waals surface area contributed by atoms with Crippen molar-refractivity contribution in [3.8, 4) is 11.4 Å². The van der Waals surface area contributed by atoms with Gasteiger partial charge in [-0.05, 0) is 20.3 Å². The molecule has 2 atom stereocenters. The van der Waals surface area contributed by atoms with Crippen molar-refractivity contribution in [2.75, 3.05) is 37.8 Å². The third kappa shape index (κ3) is 7.15. The van der Waals surface area contributed by atoms with E-state index in [0.29, 0.717) is 6.42 Å². The van der Waals surface area contributed by atoms with E-state index < -0.39 is 0 Å². The Hall–Kier alpha value is -4.95. The van der Waals surface area contributed by atoms with E-state index in [2.05, 4.69) is 222 Å². The molecule has 57 heavy (non-hydrogen) atoms. The number of hydrogen-bond donors (Lipinski definition) is 2. The molecular formula is C46H47B2N6O2Pt-. The van der Waals surface area contributed by atoms with Crippen LogP contribution in [0, 0.1) is 6.07 Å². The van der Waals surface area contributed by atoms with Crippen LogP contribution in [0.25, 0.3) is 55.0 Å². The standard InChI is InChI=1S/C41H35B2N6.C5H12O2.Pt/c1-44(2)42-43(45(3)4)47(31-23-27-33(28-24-31)49-40-19-11-7-15-36(40)37-16-8-12-20-41(37)49)29-46(42)30-21-25-32(26-22-30)48-38-17-9-5-13-34(38)35-14-6-10-18-39(35)48;1-4(6)3-5(2)7;/h5-23,25-28H,1-4H3;4-7H,3H2,1-2H3;/q-1;;. The Bertz CT molecular complexity index is 2400. The molecule has 6 aromatic carbocycles. The number of aromatic nitrogens is 2. The van der Waals surface area contributed by atoms with Gasteiger partial charge < -0.3 is 10.2 Å². The molecule has 1 aliphatic rings. The van der Waals surface area contributed by atoms with Crippen molar-refractivity contribution >= 4 is 72.9 Å². The van der Waals surface area contributed by atoms with Gasteiger partial charge >= 0.3 is 306 Å². The first kappa shape index (κ1) is 38.9. The van der Waals surface area contributed by atoms with Gasteiger partial charge in [-0.3, -0.25) is 0 Å². The summed E-state index contributed by atoms with van der Waals surface area (Å²) in [7, 11) is 8.67. The molecule has 8 aromatic rings. The molecule has 3 heterocycles. The Kier molecular flexibility index (Phi) is 11.0. The van der Waals surface area contributed by atoms with E-state index in [1.807, 2.05) is 0 Å². The Labute approximate surface area is 346 Å². The van der Waals surface area contributed by atoms with Crippen LogP contribution in [0.4, 0.5) is 11.4 Å². The number of fused-ring (bicyclic) bond motifs is 6. The third-order valence-corrected chi connectivity index (χ3v) is 11.8. The number of anilines is 2. The summed E-state index contributed by atoms with van der Waals surface area (Å²) in [5.41, 5.74) is 9.27. The van der Waals surface area contributed by atoms with Crippen LogP contribution in [-0.4, -0.2) is 87.3 Å². The van der Waals surface area contributed by atoms with Crippen molar-refractivity contribution in [2.24, 2.45) is 0 Å². The van der Waals surface area contributed by atoms with E-state index in [1.165, 1.54) is 43.6 Å². The molecule has 2 aromatic heterocycles. The Morgan fingerprint density at radius 1 is 0.526 bits per heavy atom. The van der Waals surface area contributed by atoms with Crippen molar-refractivity contribution < 1.29 is 29.6 Å². The van der Waals surface area contributed by atoms with Crippen molar-refractivity contribution in [2.45, 2.75) is 32.5 Å². The number of aliphatic hydroxyl groups is 2. The Balaban J connectivity index is 0.000000598. The number of benzene rings is 6. The van der Waals surface area contributed by atoms with Crippen molar-refractivity contribution in [1.82, 2.24) is 18.8 Å². The van der Waals surface area contributed by atoms with Gasteiger partial charge in [-0.2, -0.15) is 0 Å². The molecule has 0 saturated carbocycles. The maximum atomic E-state index is 8.56. The number of nitrogens with zero attached hydrogens (tertiary/aromatic N) is 6. The summed E-state index contributed by atoms with van der Waals surface area (Å²) in [6.07, 6.45) is -0.278. The first-order chi connectivity index (χ1) is 27.5. The predicted octanol–water partition coefficient (Wildman–Crippen LogP) is 7.96. The fourth-order valence-electron chi connectivity index (χ4n) is 8.42. The molecular weight excluding hydrogens is 885 g/mol. The average Bonchev–Trinajstić information content (AvgIpc) is 3.83. The summed E-state index contributed by atoms with van der Waals surface area (Å²) in [5, 5.41) is 22.2. The first-order valence-electron chi connectivity index (χ1n) is 19.4. The zero-order chi connectivity index (χ0) is 40.0. The molecule has 11 heteroatoms. The molecule has 0 aliphatic carbocycles. The van der Waals surface area contributed by atoms with Crippen LogP contribution in [-0.2, 0) is 19.4 Å². The second kappa shape index (κ2) is 16.1. The SMILES string of the molecule is CC(O)CC(C)O.CN(C)B1B(N(C)C)N(c2ccc(-n3c4ccccc4c4ccccc43)cc2)[C](=[Pt])N1c1[c-]cc(-n2c3ccccc3c3ccccc32)cc1. The van der Waals surface area contributed by atoms with Gasteiger partial charge in [-0.1, -0.05) is 0 Å². The number of rotatable bonds is 8. The van der Waals surface area contributed by atoms with Crippen LogP contribution in [0.1, 0.15) is 20.3 Å². The van der Waals surface area contributed by atoms with Crippen LogP contribution in [0.5, 0.6) is 0 Å². The molecule has 290 valence electrons. The summed E-state index contributed by atoms with van der Waals surface area (Å²) in [4.78, 5) is 9.50. The average molecular weight is 933 g/mol. The third-order valence-electron chi connectivity index (χ3n) is 10.7. The van der Waals surface area contributed by atoms with E-state index in [1.54, 1.807) is 13.8 Å². The van der Waals surface area contributed by atoms with E-state index in [0.717, 1.165) is 26.9 Å². The molecule has 9 rings (SSSR count). The molecule has 1 fully saturated rings. The summed E-state index contributed by atoms with van der Waals surface area (Å²) < 4.78 is 5.85. The molecule has 0 radical (unpaired) electrons. The molecule has 0 spiro atoms. The second-order valence-corrected chi connectivity index (χ2v) is 16.4. The van der Waals surface area contributed by atoms with Crippen LogP contribution in [0.2, 0.25) is 0 Å². The summed E-state index contributed by atoms with van der Waals surface area (Å²) in [5.74, 6) is 0. The number of hydrogen-bond acceptors (Lipinski definition) is 6. The van der Waals surface area contributed by atoms with Gasteiger partial charge in [0.2, 0.25) is 0 Å². The molecule has 1 aliphatic heterocycles. The fraction of sp³-hybridized carbons (Fsp3) is 0.196. The topological polar surface area (TPSA) is 63.3 Å². The van der Waals surface area contributed by atoms with E-state index in [4.69, 9.17) is 10.2 Å². The predicted molar refractivity (Wildman–Crippen MR) is 237 cm³/mol. The molecule has 0 amide bonds. The van der Waals surface area contributed by atoms with Gasteiger partial charge in [0.1, 0.15) is 0 Å². The van der Waals surface area contributed by atoms with Gasteiger partial charge in [0.25, 0.3) is 0 Å². The van der Waals surface area contributed by atoms with Gasteiger partial charge in [-0.15, -0.1) is 0 Å². The Morgan fingerprint density at radius 2 is 0.895 bits per heavy atom. The van der Waals surface area contributed by atoms with Crippen molar-refractivity contribution in [3.05, 3.63) is 146 Å². The van der Waals surface area contributed by atoms with Gasteiger partial charge in [0.15, 0.2) is 0 Å². The van der Waals surface area contributed by atoms with Crippen molar-refractivity contribution in [1.29, 1.82) is 0 Å².